The molecule has 0 aliphatic carbocycles. The molecule has 17 nitrogen and oxygen atoms in total. The van der Waals surface area contributed by atoms with Crippen LogP contribution in [0.1, 0.15) is 5.56 Å². The van der Waals surface area contributed by atoms with Gasteiger partial charge in [-0.1, -0.05) is 12.1 Å². The molecule has 0 radical (unpaired) electrons. The summed E-state index contributed by atoms with van der Waals surface area (Å²) in [7, 11) is 6.38. The summed E-state index contributed by atoms with van der Waals surface area (Å²) in [5, 5.41) is 2.98. The van der Waals surface area contributed by atoms with Gasteiger partial charge in [-0.3, -0.25) is 0 Å². The molecular weight excluding hydrogens is 753 g/mol. The fourth-order valence-electron chi connectivity index (χ4n) is 6.65. The van der Waals surface area contributed by atoms with Crippen LogP contribution in [-0.4, -0.2) is 95.5 Å². The molecule has 1 aliphatic rings. The number of carbonyl (C=O) groups is 1. The van der Waals surface area contributed by atoms with Gasteiger partial charge in [0.05, 0.1) is 50.9 Å². The zero-order valence-corrected chi connectivity index (χ0v) is 33.3. The summed E-state index contributed by atoms with van der Waals surface area (Å²) in [6, 6.07) is 26.3. The minimum absolute atomic E-state index is 0.119. The van der Waals surface area contributed by atoms with Crippen LogP contribution < -0.4 is 46.4 Å². The fraction of sp³-hybridized carbons (Fsp3) is 0.214. The molecule has 4 aromatic heterocycles. The molecule has 0 spiro atoms. The first-order valence-corrected chi connectivity index (χ1v) is 18.5. The van der Waals surface area contributed by atoms with Gasteiger partial charge in [0.25, 0.3) is 0 Å². The van der Waals surface area contributed by atoms with Gasteiger partial charge < -0.3 is 51.3 Å². The summed E-state index contributed by atoms with van der Waals surface area (Å²) < 4.78 is 21.3. The van der Waals surface area contributed by atoms with Crippen molar-refractivity contribution in [2.75, 3.05) is 82.0 Å². The third-order valence-electron chi connectivity index (χ3n) is 9.62. The number of amides is 2. The average Bonchev–Trinajstić information content (AvgIpc) is 3.25. The molecule has 1 aliphatic heterocycles. The van der Waals surface area contributed by atoms with E-state index in [0.29, 0.717) is 77.1 Å². The number of pyridine rings is 2. The van der Waals surface area contributed by atoms with Crippen LogP contribution in [0.4, 0.5) is 34.0 Å². The van der Waals surface area contributed by atoms with Crippen LogP contribution in [0.15, 0.2) is 84.9 Å². The Labute approximate surface area is 340 Å². The Bertz CT molecular complexity index is 2650. The summed E-state index contributed by atoms with van der Waals surface area (Å²) in [5.41, 5.74) is 25.0. The van der Waals surface area contributed by atoms with E-state index in [1.807, 2.05) is 91.9 Å². The number of hydrogen-bond donors (Lipinski definition) is 4. The van der Waals surface area contributed by atoms with Crippen LogP contribution in [0.2, 0.25) is 0 Å². The number of nitrogens with two attached hydrogens (primary N) is 3. The van der Waals surface area contributed by atoms with Gasteiger partial charge >= 0.3 is 6.03 Å². The second-order valence-corrected chi connectivity index (χ2v) is 13.4. The number of methoxy groups -OCH3 is 4. The second-order valence-electron chi connectivity index (χ2n) is 13.4. The van der Waals surface area contributed by atoms with E-state index < -0.39 is 0 Å². The van der Waals surface area contributed by atoms with Crippen LogP contribution in [-0.2, 0) is 0 Å². The lowest BCUT2D eigenvalue weighted by atomic mass is 10.1. The smallest absolute Gasteiger partial charge is 0.321 e. The van der Waals surface area contributed by atoms with E-state index >= 15 is 0 Å². The molecule has 59 heavy (non-hydrogen) atoms. The van der Waals surface area contributed by atoms with Crippen LogP contribution in [0, 0.1) is 6.92 Å². The first kappa shape index (κ1) is 39.5. The molecule has 1 saturated heterocycles. The topological polar surface area (TPSA) is 228 Å². The first-order valence-electron chi connectivity index (χ1n) is 18.5. The number of piperazine rings is 1. The highest BCUT2D eigenvalue weighted by atomic mass is 16.5. The summed E-state index contributed by atoms with van der Waals surface area (Å²) in [5.74, 6) is 3.77. The Morgan fingerprint density at radius 3 is 1.69 bits per heavy atom. The van der Waals surface area contributed by atoms with Crippen molar-refractivity contribution in [1.29, 1.82) is 0 Å². The maximum atomic E-state index is 12.8. The number of anilines is 5. The number of carbonyl (C=O) groups excluding carboxylic acids is 1. The molecule has 17 heteroatoms. The molecule has 8 rings (SSSR count). The van der Waals surface area contributed by atoms with Gasteiger partial charge in [-0.25, -0.2) is 24.7 Å². The lowest BCUT2D eigenvalue weighted by Crippen LogP contribution is -2.50. The largest absolute Gasteiger partial charge is 0.493 e. The molecular formula is C42H44N12O5. The second kappa shape index (κ2) is 17.2. The van der Waals surface area contributed by atoms with Crippen LogP contribution in [0.3, 0.4) is 0 Å². The zero-order valence-electron chi connectivity index (χ0n) is 33.3. The van der Waals surface area contributed by atoms with Gasteiger partial charge in [0.1, 0.15) is 11.0 Å². The molecule has 1 fully saturated rings. The number of hydrogen-bond acceptors (Lipinski definition) is 15. The molecule has 2 amide bonds. The van der Waals surface area contributed by atoms with Crippen molar-refractivity contribution in [3.63, 3.8) is 0 Å². The predicted molar refractivity (Wildman–Crippen MR) is 229 cm³/mol. The zero-order chi connectivity index (χ0) is 41.6. The number of aromatic nitrogens is 6. The van der Waals surface area contributed by atoms with Gasteiger partial charge in [-0.15, -0.1) is 0 Å². The van der Waals surface area contributed by atoms with E-state index in [1.54, 1.807) is 33.3 Å². The van der Waals surface area contributed by atoms with Crippen molar-refractivity contribution in [3.8, 4) is 45.5 Å². The fourth-order valence-corrected chi connectivity index (χ4v) is 6.65. The molecule has 5 heterocycles. The quantitative estimate of drug-likeness (QED) is 0.142. The van der Waals surface area contributed by atoms with Crippen molar-refractivity contribution < 1.29 is 23.7 Å². The summed E-state index contributed by atoms with van der Waals surface area (Å²) in [6.07, 6.45) is 0. The molecule has 3 aromatic carbocycles. The minimum atomic E-state index is -0.119. The Morgan fingerprint density at radius 1 is 0.593 bits per heavy atom. The standard InChI is InChI=1S/C27H29N7O3.C15H15N5O2/c1-17-5-4-6-19(15-17)29-27(35)34-13-11-33(12-14-34)25-24-21(31-26(28)32-25)9-8-20(30-24)18-7-10-22(36-2)23(16-18)37-3;1-21-11-6-3-8(7-12(11)22-2)9-4-5-10-13(18-9)14(16)20-15(17)19-10/h4-10,15-16H,11-14H2,1-3H3,(H,29,35)(H2,28,31,32);3-7H,1-2H3,(H4,16,17,19,20). The summed E-state index contributed by atoms with van der Waals surface area (Å²) in [4.78, 5) is 43.1. The average molecular weight is 797 g/mol. The normalized spacial score (nSPS) is 12.4. The van der Waals surface area contributed by atoms with Crippen molar-refractivity contribution in [1.82, 2.24) is 34.8 Å². The summed E-state index contributed by atoms with van der Waals surface area (Å²) in [6.45, 7) is 4.26. The van der Waals surface area contributed by atoms with Gasteiger partial charge in [0.2, 0.25) is 11.9 Å². The van der Waals surface area contributed by atoms with E-state index in [1.165, 1.54) is 0 Å². The maximum Gasteiger partial charge on any atom is 0.321 e. The third-order valence-corrected chi connectivity index (χ3v) is 9.62. The van der Waals surface area contributed by atoms with Crippen LogP contribution in [0.5, 0.6) is 23.0 Å². The Morgan fingerprint density at radius 2 is 1.14 bits per heavy atom. The van der Waals surface area contributed by atoms with Crippen molar-refractivity contribution in [2.24, 2.45) is 0 Å². The highest BCUT2D eigenvalue weighted by molar-refractivity contribution is 5.91. The number of nitrogens with one attached hydrogen (secondary N) is 1. The molecule has 7 aromatic rings. The monoisotopic (exact) mass is 796 g/mol. The number of fused-ring (bicyclic) bond motifs is 2. The van der Waals surface area contributed by atoms with Gasteiger partial charge in [-0.2, -0.15) is 9.97 Å². The number of rotatable bonds is 8. The van der Waals surface area contributed by atoms with E-state index in [9.17, 15) is 4.79 Å². The number of urea groups is 1. The number of nitrogens with zero attached hydrogens (tertiary/aromatic N) is 8. The van der Waals surface area contributed by atoms with Gasteiger partial charge in [0.15, 0.2) is 34.6 Å². The highest BCUT2D eigenvalue weighted by Crippen LogP contribution is 2.34. The number of nitrogen functional groups attached to an aromatic ring is 3. The first-order chi connectivity index (χ1) is 28.6. The van der Waals surface area contributed by atoms with Crippen molar-refractivity contribution >= 4 is 57.3 Å². The maximum absolute atomic E-state index is 12.8. The lowest BCUT2D eigenvalue weighted by Gasteiger charge is -2.35. The van der Waals surface area contributed by atoms with E-state index in [-0.39, 0.29) is 23.7 Å². The van der Waals surface area contributed by atoms with Gasteiger partial charge in [0, 0.05) is 43.0 Å². The molecule has 7 N–H and O–H groups in total. The Balaban J connectivity index is 0.000000204. The van der Waals surface area contributed by atoms with E-state index in [0.717, 1.165) is 33.8 Å². The third kappa shape index (κ3) is 8.68. The molecule has 0 unspecified atom stereocenters. The SMILES string of the molecule is COc1ccc(-c2ccc3nc(N)nc(N)c3n2)cc1OC.COc1ccc(-c2ccc3nc(N)nc(N4CCN(C(=O)Nc5cccc(C)c5)CC4)c3n2)cc1OC. The van der Waals surface area contributed by atoms with Crippen molar-refractivity contribution in [3.05, 3.63) is 90.5 Å². The lowest BCUT2D eigenvalue weighted by molar-refractivity contribution is 0.208. The number of aryl methyl sites for hydroxylation is 1. The number of benzene rings is 3. The molecule has 0 atom stereocenters. The predicted octanol–water partition coefficient (Wildman–Crippen LogP) is 5.83. The Hall–Kier alpha value is -7.69. The van der Waals surface area contributed by atoms with Crippen molar-refractivity contribution in [2.45, 2.75) is 6.92 Å². The Kier molecular flexibility index (Phi) is 11.5. The summed E-state index contributed by atoms with van der Waals surface area (Å²) >= 11 is 0. The highest BCUT2D eigenvalue weighted by Gasteiger charge is 2.25. The van der Waals surface area contributed by atoms with Crippen LogP contribution >= 0.6 is 0 Å². The molecule has 0 bridgehead atoms. The van der Waals surface area contributed by atoms with E-state index in [4.69, 9.17) is 41.1 Å². The number of ether oxygens (including phenoxy) is 4. The molecule has 0 saturated carbocycles. The molecule has 302 valence electrons. The van der Waals surface area contributed by atoms with Gasteiger partial charge in [-0.05, 0) is 85.3 Å². The van der Waals surface area contributed by atoms with Crippen LogP contribution in [0.25, 0.3) is 44.6 Å². The van der Waals surface area contributed by atoms with E-state index in [2.05, 4.69) is 35.1 Å². The minimum Gasteiger partial charge on any atom is -0.493 e.